The zero-order valence-corrected chi connectivity index (χ0v) is 17.9. The van der Waals surface area contributed by atoms with Crippen molar-refractivity contribution < 1.29 is 18.9 Å². The van der Waals surface area contributed by atoms with Gasteiger partial charge in [-0.1, -0.05) is 0 Å². The molecule has 4 rings (SSSR count). The lowest BCUT2D eigenvalue weighted by Gasteiger charge is -2.26. The quantitative estimate of drug-likeness (QED) is 0.465. The molecule has 3 N–H and O–H groups in total. The molecule has 2 aromatic heterocycles. The highest BCUT2D eigenvalue weighted by Crippen LogP contribution is 2.40. The maximum atomic E-state index is 5.41. The van der Waals surface area contributed by atoms with Crippen molar-refractivity contribution >= 4 is 28.6 Å². The predicted molar refractivity (Wildman–Crippen MR) is 117 cm³/mol. The van der Waals surface area contributed by atoms with Crippen molar-refractivity contribution in [2.45, 2.75) is 0 Å². The smallest absolute Gasteiger partial charge is 0.207 e. The summed E-state index contributed by atoms with van der Waals surface area (Å²) < 4.78 is 21.6. The molecule has 0 radical (unpaired) electrons. The summed E-state index contributed by atoms with van der Waals surface area (Å²) in [4.78, 5) is 18.8. The molecule has 1 aromatic carbocycles. The second-order valence-corrected chi connectivity index (χ2v) is 6.93. The number of hydrogen-bond acceptors (Lipinski definition) is 10. The van der Waals surface area contributed by atoms with Gasteiger partial charge in [-0.25, -0.2) is 9.97 Å². The number of methoxy groups -OCH3 is 3. The van der Waals surface area contributed by atoms with E-state index in [0.29, 0.717) is 34.7 Å². The van der Waals surface area contributed by atoms with Crippen LogP contribution in [0, 0.1) is 0 Å². The minimum absolute atomic E-state index is 0.526. The lowest BCUT2D eigenvalue weighted by Crippen LogP contribution is -2.39. The van der Waals surface area contributed by atoms with E-state index in [1.54, 1.807) is 21.3 Å². The maximum Gasteiger partial charge on any atom is 0.207 e. The molecule has 1 fully saturated rings. The van der Waals surface area contributed by atoms with Crippen LogP contribution in [0.15, 0.2) is 18.5 Å². The first-order chi connectivity index (χ1) is 15.2. The van der Waals surface area contributed by atoms with Crippen LogP contribution < -0.4 is 24.8 Å². The zero-order chi connectivity index (χ0) is 21.6. The van der Waals surface area contributed by atoms with Crippen LogP contribution in [0.25, 0.3) is 11.2 Å². The number of nitrogens with one attached hydrogen (secondary N) is 3. The Morgan fingerprint density at radius 2 is 1.81 bits per heavy atom. The molecule has 0 bridgehead atoms. The van der Waals surface area contributed by atoms with Gasteiger partial charge in [-0.05, 0) is 0 Å². The van der Waals surface area contributed by atoms with Crippen LogP contribution in [0.1, 0.15) is 0 Å². The van der Waals surface area contributed by atoms with E-state index < -0.39 is 0 Å². The molecule has 1 aliphatic rings. The summed E-state index contributed by atoms with van der Waals surface area (Å²) in [5.74, 6) is 2.86. The second kappa shape index (κ2) is 9.67. The third-order valence-electron chi connectivity index (χ3n) is 5.04. The van der Waals surface area contributed by atoms with E-state index >= 15 is 0 Å². The highest BCUT2D eigenvalue weighted by molar-refractivity contribution is 5.85. The van der Waals surface area contributed by atoms with Gasteiger partial charge in [0.25, 0.3) is 0 Å². The van der Waals surface area contributed by atoms with Gasteiger partial charge >= 0.3 is 0 Å². The molecule has 3 heterocycles. The largest absolute Gasteiger partial charge is 0.493 e. The Hall–Kier alpha value is -3.31. The Balaban J connectivity index is 1.50. The third-order valence-corrected chi connectivity index (χ3v) is 5.04. The molecule has 1 saturated heterocycles. The van der Waals surface area contributed by atoms with Gasteiger partial charge in [-0.2, -0.15) is 4.98 Å². The first-order valence-corrected chi connectivity index (χ1v) is 10.0. The van der Waals surface area contributed by atoms with Crippen LogP contribution in [0.2, 0.25) is 0 Å². The molecule has 0 unspecified atom stereocenters. The Morgan fingerprint density at radius 1 is 1.06 bits per heavy atom. The Morgan fingerprint density at radius 3 is 2.48 bits per heavy atom. The summed E-state index contributed by atoms with van der Waals surface area (Å²) in [6.07, 6.45) is 1.50. The van der Waals surface area contributed by atoms with Gasteiger partial charge in [0.05, 0.1) is 34.5 Å². The minimum atomic E-state index is 0.526. The highest BCUT2D eigenvalue weighted by atomic mass is 16.5. The van der Waals surface area contributed by atoms with Gasteiger partial charge < -0.3 is 34.6 Å². The first kappa shape index (κ1) is 20.9. The molecule has 166 valence electrons. The number of imidazole rings is 1. The number of fused-ring (bicyclic) bond motifs is 1. The fourth-order valence-corrected chi connectivity index (χ4v) is 3.47. The van der Waals surface area contributed by atoms with E-state index in [1.807, 2.05) is 12.1 Å². The lowest BCUT2D eigenvalue weighted by atomic mass is 10.2. The third kappa shape index (κ3) is 4.72. The van der Waals surface area contributed by atoms with Gasteiger partial charge in [0, 0.05) is 44.0 Å². The molecule has 0 spiro atoms. The molecule has 0 aliphatic carbocycles. The van der Waals surface area contributed by atoms with Gasteiger partial charge in [0.2, 0.25) is 11.7 Å². The van der Waals surface area contributed by atoms with Crippen LogP contribution >= 0.6 is 0 Å². The summed E-state index contributed by atoms with van der Waals surface area (Å²) in [6.45, 7) is 5.16. The molecule has 31 heavy (non-hydrogen) atoms. The molecular weight excluding hydrogens is 402 g/mol. The Bertz CT molecular complexity index is 995. The van der Waals surface area contributed by atoms with Gasteiger partial charge in [-0.15, -0.1) is 0 Å². The number of aromatic amines is 1. The van der Waals surface area contributed by atoms with E-state index in [9.17, 15) is 0 Å². The highest BCUT2D eigenvalue weighted by Gasteiger charge is 2.15. The molecule has 11 nitrogen and oxygen atoms in total. The summed E-state index contributed by atoms with van der Waals surface area (Å²) in [6, 6.07) is 3.61. The van der Waals surface area contributed by atoms with E-state index in [2.05, 4.69) is 35.5 Å². The monoisotopic (exact) mass is 429 g/mol. The molecule has 1 aliphatic heterocycles. The average Bonchev–Trinajstić information content (AvgIpc) is 3.22. The zero-order valence-electron chi connectivity index (χ0n) is 17.9. The van der Waals surface area contributed by atoms with Crippen LogP contribution in [0.5, 0.6) is 17.2 Å². The standard InChI is InChI=1S/C20H27N7O4/c1-28-14-10-13(11-15(29-2)17(14)30-3)24-20-25-16-18(22-12-23-19(16)26-20)21-4-5-27-6-8-31-9-7-27/h10-12H,4-9H2,1-3H3,(H3,21,22,23,24,25,26). The average molecular weight is 429 g/mol. The van der Waals surface area contributed by atoms with E-state index in [4.69, 9.17) is 18.9 Å². The number of benzene rings is 1. The number of aromatic nitrogens is 4. The fourth-order valence-electron chi connectivity index (χ4n) is 3.47. The van der Waals surface area contributed by atoms with Crippen molar-refractivity contribution in [2.75, 3.05) is 71.4 Å². The second-order valence-electron chi connectivity index (χ2n) is 6.93. The van der Waals surface area contributed by atoms with Gasteiger partial charge in [0.15, 0.2) is 23.0 Å². The number of H-pyrrole nitrogens is 1. The van der Waals surface area contributed by atoms with Crippen molar-refractivity contribution in [3.63, 3.8) is 0 Å². The Kier molecular flexibility index (Phi) is 6.53. The van der Waals surface area contributed by atoms with Crippen molar-refractivity contribution in [1.82, 2.24) is 24.8 Å². The van der Waals surface area contributed by atoms with Crippen molar-refractivity contribution in [1.29, 1.82) is 0 Å². The van der Waals surface area contributed by atoms with Gasteiger partial charge in [-0.3, -0.25) is 4.90 Å². The lowest BCUT2D eigenvalue weighted by molar-refractivity contribution is 0.0398. The maximum absolute atomic E-state index is 5.41. The van der Waals surface area contributed by atoms with Crippen molar-refractivity contribution in [3.05, 3.63) is 18.5 Å². The molecule has 0 amide bonds. The number of rotatable bonds is 9. The van der Waals surface area contributed by atoms with Crippen LogP contribution in [0.4, 0.5) is 17.5 Å². The summed E-state index contributed by atoms with van der Waals surface area (Å²) in [7, 11) is 4.72. The number of anilines is 3. The number of ether oxygens (including phenoxy) is 4. The van der Waals surface area contributed by atoms with E-state index in [1.165, 1.54) is 6.33 Å². The van der Waals surface area contributed by atoms with Crippen LogP contribution in [0.3, 0.4) is 0 Å². The number of hydrogen-bond donors (Lipinski definition) is 3. The molecule has 0 atom stereocenters. The fraction of sp³-hybridized carbons (Fsp3) is 0.450. The van der Waals surface area contributed by atoms with Crippen molar-refractivity contribution in [2.24, 2.45) is 0 Å². The molecule has 0 saturated carbocycles. The van der Waals surface area contributed by atoms with E-state index in [-0.39, 0.29) is 0 Å². The molecule has 3 aromatic rings. The van der Waals surface area contributed by atoms with Crippen molar-refractivity contribution in [3.8, 4) is 17.2 Å². The number of nitrogens with zero attached hydrogens (tertiary/aromatic N) is 4. The first-order valence-electron chi connectivity index (χ1n) is 10.0. The normalized spacial score (nSPS) is 14.4. The summed E-state index contributed by atoms with van der Waals surface area (Å²) >= 11 is 0. The Labute approximate surface area is 180 Å². The van der Waals surface area contributed by atoms with Crippen LogP contribution in [-0.2, 0) is 4.74 Å². The summed E-state index contributed by atoms with van der Waals surface area (Å²) in [5.41, 5.74) is 2.03. The van der Waals surface area contributed by atoms with E-state index in [0.717, 1.165) is 50.6 Å². The minimum Gasteiger partial charge on any atom is -0.493 e. The summed E-state index contributed by atoms with van der Waals surface area (Å²) in [5, 5.41) is 6.60. The van der Waals surface area contributed by atoms with Crippen LogP contribution in [-0.4, -0.2) is 85.6 Å². The predicted octanol–water partition coefficient (Wildman–Crippen LogP) is 1.87. The SMILES string of the molecule is COc1cc(Nc2nc3ncnc(NCCN4CCOCC4)c3[nH]2)cc(OC)c1OC. The molecule has 11 heteroatoms. The number of morpholine rings is 1. The molecular formula is C20H27N7O4. The van der Waals surface area contributed by atoms with Gasteiger partial charge in [0.1, 0.15) is 11.8 Å². The topological polar surface area (TPSA) is 119 Å².